The van der Waals surface area contributed by atoms with E-state index in [4.69, 9.17) is 9.40 Å². The topological polar surface area (TPSA) is 82.0 Å². The third-order valence-electron chi connectivity index (χ3n) is 5.98. The van der Waals surface area contributed by atoms with Gasteiger partial charge in [0.1, 0.15) is 5.76 Å². The van der Waals surface area contributed by atoms with Crippen LogP contribution in [0, 0.1) is 5.92 Å². The maximum atomic E-state index is 12.3. The quantitative estimate of drug-likeness (QED) is 0.660. The Kier molecular flexibility index (Phi) is 5.01. The summed E-state index contributed by atoms with van der Waals surface area (Å²) in [6.45, 7) is 3.42. The molecule has 1 aliphatic heterocycles. The van der Waals surface area contributed by atoms with Gasteiger partial charge >= 0.3 is 0 Å². The lowest BCUT2D eigenvalue weighted by molar-refractivity contribution is 0.151. The molecule has 4 heterocycles. The number of aromatic nitrogens is 5. The summed E-state index contributed by atoms with van der Waals surface area (Å²) in [5.74, 6) is 3.07. The van der Waals surface area contributed by atoms with Crippen LogP contribution in [-0.2, 0) is 25.9 Å². The Balaban J connectivity index is 1.19. The van der Waals surface area contributed by atoms with Crippen LogP contribution in [0.5, 0.6) is 0 Å². The number of piperidine rings is 1. The highest BCUT2D eigenvalue weighted by molar-refractivity contribution is 5.17. The first-order valence-electron chi connectivity index (χ1n) is 10.5. The molecule has 0 amide bonds. The summed E-state index contributed by atoms with van der Waals surface area (Å²) in [6.07, 6.45) is 10.1. The fourth-order valence-electron chi connectivity index (χ4n) is 4.33. The van der Waals surface area contributed by atoms with Crippen LogP contribution < -0.4 is 5.56 Å². The number of hydrogen-bond donors (Lipinski definition) is 0. The van der Waals surface area contributed by atoms with Crippen molar-refractivity contribution in [3.63, 3.8) is 0 Å². The van der Waals surface area contributed by atoms with Crippen LogP contribution >= 0.6 is 0 Å². The van der Waals surface area contributed by atoms with Crippen LogP contribution in [0.3, 0.4) is 0 Å². The van der Waals surface area contributed by atoms with Gasteiger partial charge in [0.15, 0.2) is 5.82 Å². The van der Waals surface area contributed by atoms with Crippen molar-refractivity contribution in [1.82, 2.24) is 29.4 Å². The first-order chi connectivity index (χ1) is 14.2. The number of rotatable bonds is 5. The Hall–Kier alpha value is -2.74. The second-order valence-corrected chi connectivity index (χ2v) is 8.07. The molecule has 5 rings (SSSR count). The maximum Gasteiger partial charge on any atom is 0.266 e. The van der Waals surface area contributed by atoms with Gasteiger partial charge in [-0.25, -0.2) is 14.3 Å². The van der Waals surface area contributed by atoms with E-state index < -0.39 is 0 Å². The highest BCUT2D eigenvalue weighted by Crippen LogP contribution is 2.24. The smallest absolute Gasteiger partial charge is 0.266 e. The Bertz CT molecular complexity index is 991. The van der Waals surface area contributed by atoms with Crippen LogP contribution in [0.1, 0.15) is 43.0 Å². The highest BCUT2D eigenvalue weighted by Gasteiger charge is 2.23. The van der Waals surface area contributed by atoms with E-state index in [0.717, 1.165) is 57.0 Å². The van der Waals surface area contributed by atoms with Crippen LogP contribution in [0.25, 0.3) is 5.82 Å². The molecule has 1 saturated heterocycles. The van der Waals surface area contributed by atoms with Gasteiger partial charge in [0.25, 0.3) is 5.56 Å². The van der Waals surface area contributed by atoms with Crippen molar-refractivity contribution in [3.05, 3.63) is 58.3 Å². The van der Waals surface area contributed by atoms with Crippen LogP contribution in [0.15, 0.2) is 39.8 Å². The zero-order valence-electron chi connectivity index (χ0n) is 16.5. The molecular weight excluding hydrogens is 368 g/mol. The van der Waals surface area contributed by atoms with Crippen LogP contribution in [0.4, 0.5) is 0 Å². The molecular formula is C21H26N6O2. The van der Waals surface area contributed by atoms with Crippen LogP contribution in [0.2, 0.25) is 0 Å². The van der Waals surface area contributed by atoms with E-state index in [-0.39, 0.29) is 5.56 Å². The van der Waals surface area contributed by atoms with Gasteiger partial charge in [-0.2, -0.15) is 5.10 Å². The third kappa shape index (κ3) is 4.03. The molecule has 1 fully saturated rings. The Morgan fingerprint density at radius 3 is 2.79 bits per heavy atom. The summed E-state index contributed by atoms with van der Waals surface area (Å²) in [6, 6.07) is 5.13. The average molecular weight is 394 g/mol. The SMILES string of the molecule is O=c1ccc(-n2cccn2)nn1CC1CCN(Cc2nc3c(o2)CCCC3)CC1. The lowest BCUT2D eigenvalue weighted by Gasteiger charge is -2.31. The summed E-state index contributed by atoms with van der Waals surface area (Å²) in [4.78, 5) is 19.4. The van der Waals surface area contributed by atoms with Crippen molar-refractivity contribution >= 4 is 0 Å². The van der Waals surface area contributed by atoms with Gasteiger partial charge < -0.3 is 4.42 Å². The lowest BCUT2D eigenvalue weighted by Crippen LogP contribution is -2.36. The van der Waals surface area contributed by atoms with Crippen molar-refractivity contribution in [2.24, 2.45) is 5.92 Å². The van der Waals surface area contributed by atoms with Crippen molar-refractivity contribution in [1.29, 1.82) is 0 Å². The molecule has 8 nitrogen and oxygen atoms in total. The molecule has 29 heavy (non-hydrogen) atoms. The molecule has 0 aromatic carbocycles. The van der Waals surface area contributed by atoms with Crippen molar-refractivity contribution in [3.8, 4) is 5.82 Å². The molecule has 2 aliphatic rings. The number of likely N-dealkylation sites (tertiary alicyclic amines) is 1. The van der Waals surface area contributed by atoms with E-state index in [1.165, 1.54) is 18.5 Å². The minimum atomic E-state index is -0.0614. The first kappa shape index (κ1) is 18.3. The fourth-order valence-corrected chi connectivity index (χ4v) is 4.33. The zero-order chi connectivity index (χ0) is 19.6. The highest BCUT2D eigenvalue weighted by atomic mass is 16.4. The average Bonchev–Trinajstić information content (AvgIpc) is 3.40. The molecule has 0 unspecified atom stereocenters. The van der Waals surface area contributed by atoms with E-state index in [1.54, 1.807) is 27.7 Å². The zero-order valence-corrected chi connectivity index (χ0v) is 16.5. The molecule has 0 N–H and O–H groups in total. The molecule has 0 radical (unpaired) electrons. The van der Waals surface area contributed by atoms with Crippen molar-refractivity contribution < 1.29 is 4.42 Å². The molecule has 0 saturated carbocycles. The van der Waals surface area contributed by atoms with Gasteiger partial charge in [-0.15, -0.1) is 5.10 Å². The van der Waals surface area contributed by atoms with Crippen molar-refractivity contribution in [2.45, 2.75) is 51.6 Å². The third-order valence-corrected chi connectivity index (χ3v) is 5.98. The lowest BCUT2D eigenvalue weighted by atomic mass is 9.97. The Morgan fingerprint density at radius 2 is 2.00 bits per heavy atom. The first-order valence-corrected chi connectivity index (χ1v) is 10.5. The summed E-state index contributed by atoms with van der Waals surface area (Å²) in [7, 11) is 0. The van der Waals surface area contributed by atoms with Gasteiger partial charge in [-0.1, -0.05) is 0 Å². The second-order valence-electron chi connectivity index (χ2n) is 8.07. The number of oxazole rings is 1. The minimum absolute atomic E-state index is 0.0614. The number of hydrogen-bond acceptors (Lipinski definition) is 6. The molecule has 3 aromatic rings. The predicted octanol–water partition coefficient (Wildman–Crippen LogP) is 2.21. The second kappa shape index (κ2) is 7.94. The monoisotopic (exact) mass is 394 g/mol. The van der Waals surface area contributed by atoms with Gasteiger partial charge in [0.05, 0.1) is 12.2 Å². The largest absolute Gasteiger partial charge is 0.444 e. The fraction of sp³-hybridized carbons (Fsp3) is 0.524. The van der Waals surface area contributed by atoms with Crippen molar-refractivity contribution in [2.75, 3.05) is 13.1 Å². The Labute approximate surface area is 169 Å². The van der Waals surface area contributed by atoms with E-state index in [0.29, 0.717) is 18.3 Å². The van der Waals surface area contributed by atoms with Gasteiger partial charge in [0, 0.05) is 31.4 Å². The van der Waals surface area contributed by atoms with Gasteiger partial charge in [-0.3, -0.25) is 9.69 Å². The van der Waals surface area contributed by atoms with E-state index in [2.05, 4.69) is 15.1 Å². The van der Waals surface area contributed by atoms with E-state index in [1.807, 2.05) is 12.3 Å². The minimum Gasteiger partial charge on any atom is -0.444 e. The number of nitrogens with zero attached hydrogens (tertiary/aromatic N) is 6. The van der Waals surface area contributed by atoms with E-state index in [9.17, 15) is 4.79 Å². The van der Waals surface area contributed by atoms with E-state index >= 15 is 0 Å². The molecule has 152 valence electrons. The Morgan fingerprint density at radius 1 is 1.14 bits per heavy atom. The maximum absolute atomic E-state index is 12.3. The molecule has 0 spiro atoms. The normalized spacial score (nSPS) is 18.1. The molecule has 1 aliphatic carbocycles. The molecule has 8 heteroatoms. The predicted molar refractivity (Wildman–Crippen MR) is 107 cm³/mol. The number of fused-ring (bicyclic) bond motifs is 1. The summed E-state index contributed by atoms with van der Waals surface area (Å²) < 4.78 is 9.24. The van der Waals surface area contributed by atoms with Gasteiger partial charge in [0.2, 0.25) is 5.89 Å². The summed E-state index contributed by atoms with van der Waals surface area (Å²) >= 11 is 0. The molecule has 3 aromatic heterocycles. The standard InChI is InChI=1S/C21H26N6O2/c28-21-7-6-19(26-11-3-10-22-26)24-27(21)14-16-8-12-25(13-9-16)15-20-23-17-4-1-2-5-18(17)29-20/h3,6-7,10-11,16H,1-2,4-5,8-9,12-15H2. The van der Waals surface area contributed by atoms with Gasteiger partial charge in [-0.05, 0) is 63.2 Å². The van der Waals surface area contributed by atoms with Crippen LogP contribution in [-0.4, -0.2) is 42.5 Å². The molecule has 0 bridgehead atoms. The number of aryl methyl sites for hydroxylation is 2. The summed E-state index contributed by atoms with van der Waals surface area (Å²) in [5, 5.41) is 8.69. The summed E-state index contributed by atoms with van der Waals surface area (Å²) in [5.41, 5.74) is 1.11. The molecule has 0 atom stereocenters.